The van der Waals surface area contributed by atoms with E-state index >= 15 is 0 Å². The van der Waals surface area contributed by atoms with Crippen molar-refractivity contribution < 1.29 is 29.0 Å². The molecule has 2 amide bonds. The zero-order valence-corrected chi connectivity index (χ0v) is 23.7. The first kappa shape index (κ1) is 29.6. The van der Waals surface area contributed by atoms with Crippen molar-refractivity contribution in [1.82, 2.24) is 15.1 Å². The molecule has 1 aliphatic carbocycles. The van der Waals surface area contributed by atoms with Crippen LogP contribution in [0.15, 0.2) is 48.5 Å². The summed E-state index contributed by atoms with van der Waals surface area (Å²) in [7, 11) is 0. The average molecular weight is 552 g/mol. The summed E-state index contributed by atoms with van der Waals surface area (Å²) >= 11 is 0. The number of amides is 2. The summed E-state index contributed by atoms with van der Waals surface area (Å²) < 4.78 is 11.0. The number of alkyl carbamates (subject to hydrolysis) is 1. The van der Waals surface area contributed by atoms with Gasteiger partial charge in [0.05, 0.1) is 19.2 Å². The van der Waals surface area contributed by atoms with Gasteiger partial charge in [0, 0.05) is 38.5 Å². The Kier molecular flexibility index (Phi) is 9.81. The third-order valence-corrected chi connectivity index (χ3v) is 7.33. The third kappa shape index (κ3) is 7.82. The zero-order valence-electron chi connectivity index (χ0n) is 23.7. The number of rotatable bonds is 10. The predicted octanol–water partition coefficient (Wildman–Crippen LogP) is 3.54. The van der Waals surface area contributed by atoms with Crippen LogP contribution in [-0.2, 0) is 19.1 Å². The van der Waals surface area contributed by atoms with Crippen LogP contribution in [-0.4, -0.2) is 90.5 Å². The van der Waals surface area contributed by atoms with Crippen molar-refractivity contribution in [2.45, 2.75) is 57.6 Å². The molecule has 0 spiro atoms. The predicted molar refractivity (Wildman–Crippen MR) is 152 cm³/mol. The highest BCUT2D eigenvalue weighted by Gasteiger charge is 2.29. The Morgan fingerprint density at radius 3 is 2.15 bits per heavy atom. The van der Waals surface area contributed by atoms with E-state index in [9.17, 15) is 19.5 Å². The second-order valence-corrected chi connectivity index (χ2v) is 11.5. The minimum atomic E-state index is -0.576. The monoisotopic (exact) mass is 551 g/mol. The topological polar surface area (TPSA) is 108 Å². The van der Waals surface area contributed by atoms with Crippen molar-refractivity contribution in [3.63, 3.8) is 0 Å². The zero-order chi connectivity index (χ0) is 28.7. The van der Waals surface area contributed by atoms with Crippen LogP contribution in [0.25, 0.3) is 11.1 Å². The molecule has 40 heavy (non-hydrogen) atoms. The standard InChI is InChI=1S/C31H41N3O6/c1-31(2,3)40-29(37)19-33-15-17-34(18-16-33)28(36)14-8-9-22(20-35)32-30(38)39-21-27-25-12-6-4-10-23(25)24-11-5-7-13-26(24)27/h4-7,10-13,22,27,35H,8-9,14-21H2,1-3H3,(H,32,38)/t22-/m1/s1. The number of aliphatic hydroxyl groups is 1. The highest BCUT2D eigenvalue weighted by Crippen LogP contribution is 2.44. The second-order valence-electron chi connectivity index (χ2n) is 11.5. The van der Waals surface area contributed by atoms with Crippen LogP contribution in [0.4, 0.5) is 4.79 Å². The Labute approximate surface area is 236 Å². The lowest BCUT2D eigenvalue weighted by molar-refractivity contribution is -0.156. The number of hydrogen-bond acceptors (Lipinski definition) is 7. The van der Waals surface area contributed by atoms with Gasteiger partial charge in [-0.2, -0.15) is 0 Å². The molecule has 0 radical (unpaired) electrons. The third-order valence-electron chi connectivity index (χ3n) is 7.33. The first-order valence-corrected chi connectivity index (χ1v) is 14.1. The van der Waals surface area contributed by atoms with Crippen LogP contribution in [0.2, 0.25) is 0 Å². The van der Waals surface area contributed by atoms with E-state index in [2.05, 4.69) is 29.6 Å². The molecule has 2 aromatic carbocycles. The molecule has 216 valence electrons. The van der Waals surface area contributed by atoms with Crippen molar-refractivity contribution in [1.29, 1.82) is 0 Å². The minimum Gasteiger partial charge on any atom is -0.459 e. The minimum absolute atomic E-state index is 0.0343. The Bertz CT molecular complexity index is 1140. The summed E-state index contributed by atoms with van der Waals surface area (Å²) in [5.41, 5.74) is 4.09. The number of nitrogens with zero attached hydrogens (tertiary/aromatic N) is 2. The molecule has 1 fully saturated rings. The second kappa shape index (κ2) is 13.3. The summed E-state index contributed by atoms with van der Waals surface area (Å²) in [4.78, 5) is 41.1. The summed E-state index contributed by atoms with van der Waals surface area (Å²) in [5.74, 6) is -0.256. The Balaban J connectivity index is 1.16. The fraction of sp³-hybridized carbons (Fsp3) is 0.516. The van der Waals surface area contributed by atoms with Crippen molar-refractivity contribution >= 4 is 18.0 Å². The van der Waals surface area contributed by atoms with Crippen LogP contribution in [0.5, 0.6) is 0 Å². The SMILES string of the molecule is CC(C)(C)OC(=O)CN1CCN(C(=O)CCC[C@H](CO)NC(=O)OCC2c3ccccc3-c3ccccc32)CC1. The van der Waals surface area contributed by atoms with Crippen molar-refractivity contribution in [3.8, 4) is 11.1 Å². The summed E-state index contributed by atoms with van der Waals surface area (Å²) in [5, 5.41) is 12.5. The number of ether oxygens (including phenoxy) is 2. The van der Waals surface area contributed by atoms with Gasteiger partial charge in [0.2, 0.25) is 5.91 Å². The number of nitrogens with one attached hydrogen (secondary N) is 1. The molecule has 0 bridgehead atoms. The fourth-order valence-corrected chi connectivity index (χ4v) is 5.39. The Hall–Kier alpha value is -3.43. The van der Waals surface area contributed by atoms with Gasteiger partial charge in [0.1, 0.15) is 12.2 Å². The molecule has 0 aromatic heterocycles. The van der Waals surface area contributed by atoms with E-state index in [0.29, 0.717) is 45.4 Å². The molecule has 1 aliphatic heterocycles. The Morgan fingerprint density at radius 1 is 0.975 bits per heavy atom. The molecule has 9 nitrogen and oxygen atoms in total. The molecule has 2 aromatic rings. The molecular formula is C31H41N3O6. The lowest BCUT2D eigenvalue weighted by Gasteiger charge is -2.34. The van der Waals surface area contributed by atoms with Crippen LogP contribution in [0.1, 0.15) is 57.1 Å². The van der Waals surface area contributed by atoms with E-state index < -0.39 is 17.7 Å². The van der Waals surface area contributed by atoms with E-state index in [1.165, 1.54) is 0 Å². The van der Waals surface area contributed by atoms with E-state index in [0.717, 1.165) is 22.3 Å². The maximum Gasteiger partial charge on any atom is 0.407 e. The number of piperazine rings is 1. The number of hydrogen-bond donors (Lipinski definition) is 2. The van der Waals surface area contributed by atoms with Gasteiger partial charge in [0.25, 0.3) is 0 Å². The summed E-state index contributed by atoms with van der Waals surface area (Å²) in [6.45, 7) is 8.08. The highest BCUT2D eigenvalue weighted by atomic mass is 16.6. The van der Waals surface area contributed by atoms with E-state index in [-0.39, 0.29) is 37.6 Å². The average Bonchev–Trinajstić information content (AvgIpc) is 3.24. The summed E-state index contributed by atoms with van der Waals surface area (Å²) in [6.07, 6.45) is 0.750. The molecule has 9 heteroatoms. The van der Waals surface area contributed by atoms with Crippen molar-refractivity contribution in [2.75, 3.05) is 45.9 Å². The molecule has 0 saturated carbocycles. The van der Waals surface area contributed by atoms with Gasteiger partial charge in [-0.1, -0.05) is 48.5 Å². The molecular weight excluding hydrogens is 510 g/mol. The van der Waals surface area contributed by atoms with Crippen molar-refractivity contribution in [3.05, 3.63) is 59.7 Å². The largest absolute Gasteiger partial charge is 0.459 e. The van der Waals surface area contributed by atoms with Gasteiger partial charge < -0.3 is 24.8 Å². The molecule has 0 unspecified atom stereocenters. The number of aliphatic hydroxyl groups excluding tert-OH is 1. The van der Waals surface area contributed by atoms with Crippen LogP contribution >= 0.6 is 0 Å². The van der Waals surface area contributed by atoms with Crippen molar-refractivity contribution in [2.24, 2.45) is 0 Å². The number of esters is 1. The van der Waals surface area contributed by atoms with Gasteiger partial charge in [-0.15, -0.1) is 0 Å². The highest BCUT2D eigenvalue weighted by molar-refractivity contribution is 5.79. The molecule has 1 saturated heterocycles. The number of fused-ring (bicyclic) bond motifs is 3. The lowest BCUT2D eigenvalue weighted by Crippen LogP contribution is -2.50. The van der Waals surface area contributed by atoms with Gasteiger partial charge in [-0.25, -0.2) is 4.79 Å². The number of carbonyl (C=O) groups excluding carboxylic acids is 3. The Morgan fingerprint density at radius 2 is 1.57 bits per heavy atom. The van der Waals surface area contributed by atoms with E-state index in [1.807, 2.05) is 49.9 Å². The normalized spacial score (nSPS) is 16.1. The summed E-state index contributed by atoms with van der Waals surface area (Å²) in [6, 6.07) is 15.8. The quantitative estimate of drug-likeness (QED) is 0.435. The van der Waals surface area contributed by atoms with Gasteiger partial charge in [0.15, 0.2) is 0 Å². The molecule has 2 N–H and O–H groups in total. The van der Waals surface area contributed by atoms with E-state index in [1.54, 1.807) is 4.90 Å². The van der Waals surface area contributed by atoms with Crippen LogP contribution in [0, 0.1) is 0 Å². The molecule has 4 rings (SSSR count). The number of benzene rings is 2. The van der Waals surface area contributed by atoms with Crippen LogP contribution in [0.3, 0.4) is 0 Å². The molecule has 1 heterocycles. The number of carbonyl (C=O) groups is 3. The van der Waals surface area contributed by atoms with Gasteiger partial charge in [-0.3, -0.25) is 14.5 Å². The lowest BCUT2D eigenvalue weighted by atomic mass is 9.98. The fourth-order valence-electron chi connectivity index (χ4n) is 5.39. The molecule has 1 atom stereocenters. The maximum absolute atomic E-state index is 12.7. The first-order chi connectivity index (χ1) is 19.1. The maximum atomic E-state index is 12.7. The van der Waals surface area contributed by atoms with Gasteiger partial charge in [-0.05, 0) is 55.9 Å². The van der Waals surface area contributed by atoms with Gasteiger partial charge >= 0.3 is 12.1 Å². The molecule has 2 aliphatic rings. The first-order valence-electron chi connectivity index (χ1n) is 14.1. The smallest absolute Gasteiger partial charge is 0.407 e. The van der Waals surface area contributed by atoms with E-state index in [4.69, 9.17) is 9.47 Å². The van der Waals surface area contributed by atoms with Crippen LogP contribution < -0.4 is 5.32 Å².